The summed E-state index contributed by atoms with van der Waals surface area (Å²) in [7, 11) is 3.13. The first kappa shape index (κ1) is 19.6. The highest BCUT2D eigenvalue weighted by Crippen LogP contribution is 2.45. The maximum atomic E-state index is 13.1. The van der Waals surface area contributed by atoms with Gasteiger partial charge in [0.25, 0.3) is 5.91 Å². The van der Waals surface area contributed by atoms with E-state index in [2.05, 4.69) is 0 Å². The van der Waals surface area contributed by atoms with Crippen molar-refractivity contribution in [1.29, 1.82) is 0 Å². The lowest BCUT2D eigenvalue weighted by molar-refractivity contribution is -0.149. The first-order valence-electron chi connectivity index (χ1n) is 10.2. The summed E-state index contributed by atoms with van der Waals surface area (Å²) in [5, 5.41) is 9.86. The second-order valence-corrected chi connectivity index (χ2v) is 8.02. The van der Waals surface area contributed by atoms with Crippen LogP contribution in [0.1, 0.15) is 44.1 Å². The molecule has 4 rings (SSSR count). The van der Waals surface area contributed by atoms with Crippen molar-refractivity contribution < 1.29 is 28.9 Å². The highest BCUT2D eigenvalue weighted by atomic mass is 16.5. The van der Waals surface area contributed by atoms with Gasteiger partial charge in [0.1, 0.15) is 11.8 Å². The van der Waals surface area contributed by atoms with Crippen LogP contribution in [0.25, 0.3) is 0 Å². The fourth-order valence-corrected chi connectivity index (χ4v) is 4.77. The van der Waals surface area contributed by atoms with Crippen LogP contribution in [0.4, 0.5) is 0 Å². The summed E-state index contributed by atoms with van der Waals surface area (Å²) < 4.78 is 16.8. The Labute approximate surface area is 170 Å². The maximum absolute atomic E-state index is 13.1. The number of carbonyl (C=O) groups excluding carboxylic acids is 1. The molecule has 0 saturated heterocycles. The van der Waals surface area contributed by atoms with E-state index in [1.807, 2.05) is 6.07 Å². The maximum Gasteiger partial charge on any atom is 0.326 e. The molecule has 1 saturated carbocycles. The zero-order valence-electron chi connectivity index (χ0n) is 16.9. The van der Waals surface area contributed by atoms with Gasteiger partial charge in [-0.25, -0.2) is 4.79 Å². The quantitative estimate of drug-likeness (QED) is 0.788. The van der Waals surface area contributed by atoms with Crippen molar-refractivity contribution in [3.63, 3.8) is 0 Å². The van der Waals surface area contributed by atoms with Crippen molar-refractivity contribution in [3.8, 4) is 17.2 Å². The van der Waals surface area contributed by atoms with Gasteiger partial charge in [0.2, 0.25) is 0 Å². The van der Waals surface area contributed by atoms with E-state index in [0.29, 0.717) is 36.0 Å². The number of nitrogens with zero attached hydrogens (tertiary/aromatic N) is 1. The minimum atomic E-state index is -0.948. The highest BCUT2D eigenvalue weighted by Gasteiger charge is 2.43. The van der Waals surface area contributed by atoms with Gasteiger partial charge >= 0.3 is 5.97 Å². The van der Waals surface area contributed by atoms with E-state index in [-0.39, 0.29) is 18.2 Å². The zero-order chi connectivity index (χ0) is 20.5. The number of hydrogen-bond donors (Lipinski definition) is 1. The summed E-state index contributed by atoms with van der Waals surface area (Å²) in [6, 6.07) is 2.72. The average Bonchev–Trinajstić information content (AvgIpc) is 3.05. The largest absolute Gasteiger partial charge is 0.496 e. The van der Waals surface area contributed by atoms with Crippen LogP contribution in [0.5, 0.6) is 17.2 Å². The van der Waals surface area contributed by atoms with E-state index in [9.17, 15) is 14.7 Å². The van der Waals surface area contributed by atoms with E-state index in [1.165, 1.54) is 11.3 Å². The number of carboxylic acids is 1. The molecule has 0 radical (unpaired) electrons. The summed E-state index contributed by atoms with van der Waals surface area (Å²) in [6.07, 6.45) is 6.53. The van der Waals surface area contributed by atoms with Gasteiger partial charge in [0.05, 0.1) is 14.2 Å². The summed E-state index contributed by atoms with van der Waals surface area (Å²) in [6.45, 7) is 0.275. The Kier molecular flexibility index (Phi) is 5.39. The van der Waals surface area contributed by atoms with E-state index in [0.717, 1.165) is 36.8 Å². The molecule has 2 heterocycles. The Balaban J connectivity index is 1.58. The van der Waals surface area contributed by atoms with Gasteiger partial charge < -0.3 is 24.2 Å². The molecule has 1 atom stereocenters. The molecule has 1 N–H and O–H groups in total. The standard InChI is InChI=1S/C22H27NO6/c1-27-17-8-9-18(28-2)20-15(17)11-14-12-23(21(24)19(14)29-20)16(22(25)26)10-13-6-4-3-5-7-13/h8-9,13,16H,3-7,10-12H2,1-2H3,(H,25,26). The van der Waals surface area contributed by atoms with Crippen LogP contribution >= 0.6 is 0 Å². The summed E-state index contributed by atoms with van der Waals surface area (Å²) in [5.41, 5.74) is 1.61. The third-order valence-electron chi connectivity index (χ3n) is 6.30. The molecule has 1 aromatic rings. The van der Waals surface area contributed by atoms with Gasteiger partial charge in [-0.2, -0.15) is 0 Å². The minimum Gasteiger partial charge on any atom is -0.496 e. The third kappa shape index (κ3) is 3.54. The average molecular weight is 401 g/mol. The molecule has 1 fully saturated rings. The van der Waals surface area contributed by atoms with Crippen LogP contribution in [0.3, 0.4) is 0 Å². The lowest BCUT2D eigenvalue weighted by atomic mass is 9.84. The number of ether oxygens (including phenoxy) is 3. The Morgan fingerprint density at radius 1 is 1.21 bits per heavy atom. The van der Waals surface area contributed by atoms with Crippen molar-refractivity contribution in [2.45, 2.75) is 51.0 Å². The van der Waals surface area contributed by atoms with Gasteiger partial charge in [-0.05, 0) is 24.5 Å². The smallest absolute Gasteiger partial charge is 0.326 e. The Hall–Kier alpha value is -2.70. The summed E-state index contributed by atoms with van der Waals surface area (Å²) in [5.74, 6) is 0.952. The predicted octanol–water partition coefficient (Wildman–Crippen LogP) is 3.16. The van der Waals surface area contributed by atoms with Crippen molar-refractivity contribution in [3.05, 3.63) is 29.0 Å². The van der Waals surface area contributed by atoms with Crippen molar-refractivity contribution in [2.24, 2.45) is 5.92 Å². The molecule has 0 spiro atoms. The van der Waals surface area contributed by atoms with Crippen molar-refractivity contribution in [1.82, 2.24) is 4.90 Å². The van der Waals surface area contributed by atoms with E-state index in [1.54, 1.807) is 20.3 Å². The topological polar surface area (TPSA) is 85.3 Å². The molecule has 156 valence electrons. The molecule has 1 aromatic carbocycles. The summed E-state index contributed by atoms with van der Waals surface area (Å²) in [4.78, 5) is 26.6. The first-order chi connectivity index (χ1) is 14.0. The lowest BCUT2D eigenvalue weighted by Crippen LogP contribution is -2.44. The van der Waals surface area contributed by atoms with E-state index >= 15 is 0 Å². The normalized spacial score (nSPS) is 20.1. The van der Waals surface area contributed by atoms with Crippen LogP contribution in [0, 0.1) is 5.92 Å². The van der Waals surface area contributed by atoms with Gasteiger partial charge in [-0.1, -0.05) is 32.1 Å². The number of methoxy groups -OCH3 is 2. The fourth-order valence-electron chi connectivity index (χ4n) is 4.77. The second-order valence-electron chi connectivity index (χ2n) is 8.02. The number of amides is 1. The molecule has 0 aromatic heterocycles. The Morgan fingerprint density at radius 2 is 1.90 bits per heavy atom. The van der Waals surface area contributed by atoms with E-state index in [4.69, 9.17) is 14.2 Å². The molecular formula is C22H27NO6. The second kappa shape index (κ2) is 7.97. The molecule has 2 aliphatic heterocycles. The zero-order valence-corrected chi connectivity index (χ0v) is 16.9. The SMILES string of the molecule is COc1ccc(OC)c2c1CC1=C(O2)C(=O)N(C(CC2CCCCC2)C(=O)O)C1. The number of carboxylic acid groups (broad SMARTS) is 1. The number of hydrogen-bond acceptors (Lipinski definition) is 5. The number of rotatable bonds is 6. The predicted molar refractivity (Wildman–Crippen MR) is 105 cm³/mol. The molecule has 1 amide bonds. The Morgan fingerprint density at radius 3 is 2.55 bits per heavy atom. The Bertz CT molecular complexity index is 855. The van der Waals surface area contributed by atoms with Crippen molar-refractivity contribution >= 4 is 11.9 Å². The monoisotopic (exact) mass is 401 g/mol. The molecule has 0 bridgehead atoms. The van der Waals surface area contributed by atoms with Crippen molar-refractivity contribution in [2.75, 3.05) is 20.8 Å². The van der Waals surface area contributed by atoms with E-state index < -0.39 is 12.0 Å². The number of benzene rings is 1. The molecule has 7 nitrogen and oxygen atoms in total. The van der Waals surface area contributed by atoms with Gasteiger partial charge in [0, 0.05) is 24.1 Å². The fraction of sp³-hybridized carbons (Fsp3) is 0.545. The number of aliphatic carboxylic acids is 1. The number of fused-ring (bicyclic) bond motifs is 1. The molecule has 7 heteroatoms. The number of carbonyl (C=O) groups is 2. The van der Waals surface area contributed by atoms with Gasteiger partial charge in [-0.3, -0.25) is 4.79 Å². The first-order valence-corrected chi connectivity index (χ1v) is 10.2. The van der Waals surface area contributed by atoms with Gasteiger partial charge in [0.15, 0.2) is 17.3 Å². The molecule has 1 aliphatic carbocycles. The van der Waals surface area contributed by atoms with Gasteiger partial charge in [-0.15, -0.1) is 0 Å². The lowest BCUT2D eigenvalue weighted by Gasteiger charge is -2.30. The molecular weight excluding hydrogens is 374 g/mol. The summed E-state index contributed by atoms with van der Waals surface area (Å²) >= 11 is 0. The van der Waals surface area contributed by atoms with Crippen LogP contribution < -0.4 is 14.2 Å². The molecule has 1 unspecified atom stereocenters. The van der Waals surface area contributed by atoms with Crippen LogP contribution in [0.15, 0.2) is 23.5 Å². The minimum absolute atomic E-state index is 0.235. The third-order valence-corrected chi connectivity index (χ3v) is 6.30. The highest BCUT2D eigenvalue weighted by molar-refractivity contribution is 5.98. The van der Waals surface area contributed by atoms with Crippen LogP contribution in [0.2, 0.25) is 0 Å². The molecule has 29 heavy (non-hydrogen) atoms. The molecule has 3 aliphatic rings. The van der Waals surface area contributed by atoms with Crippen LogP contribution in [-0.4, -0.2) is 48.7 Å². The van der Waals surface area contributed by atoms with Crippen LogP contribution in [-0.2, 0) is 16.0 Å².